The quantitative estimate of drug-likeness (QED) is 0.639. The van der Waals surface area contributed by atoms with Gasteiger partial charge in [-0.05, 0) is 18.9 Å². The third-order valence-corrected chi connectivity index (χ3v) is 3.37. The number of rotatable bonds is 3. The van der Waals surface area contributed by atoms with Gasteiger partial charge < -0.3 is 5.73 Å². The van der Waals surface area contributed by atoms with Gasteiger partial charge in [0.15, 0.2) is 0 Å². The molecule has 0 amide bonds. The summed E-state index contributed by atoms with van der Waals surface area (Å²) in [4.78, 5) is 12.6. The summed E-state index contributed by atoms with van der Waals surface area (Å²) in [6.45, 7) is 3.89. The normalized spacial score (nSPS) is 22.6. The fourth-order valence-corrected chi connectivity index (χ4v) is 2.28. The molecule has 1 saturated heterocycles. The Morgan fingerprint density at radius 3 is 2.94 bits per heavy atom. The van der Waals surface area contributed by atoms with Crippen LogP contribution in [0, 0.1) is 10.1 Å². The Balaban J connectivity index is 2.16. The zero-order chi connectivity index (χ0) is 12.4. The first-order chi connectivity index (χ1) is 8.08. The van der Waals surface area contributed by atoms with Crippen molar-refractivity contribution in [3.63, 3.8) is 0 Å². The Kier molecular flexibility index (Phi) is 3.40. The lowest BCUT2D eigenvalue weighted by Crippen LogP contribution is -2.28. The second-order valence-corrected chi connectivity index (χ2v) is 4.57. The van der Waals surface area contributed by atoms with Gasteiger partial charge in [-0.2, -0.15) is 0 Å². The van der Waals surface area contributed by atoms with Gasteiger partial charge >= 0.3 is 0 Å². The first-order valence-corrected chi connectivity index (χ1v) is 5.82. The predicted molar refractivity (Wildman–Crippen MR) is 65.7 cm³/mol. The number of nitro benzene ring substituents is 1. The Morgan fingerprint density at radius 2 is 2.35 bits per heavy atom. The van der Waals surface area contributed by atoms with E-state index < -0.39 is 0 Å². The molecule has 0 aliphatic carbocycles. The van der Waals surface area contributed by atoms with Crippen molar-refractivity contribution in [1.82, 2.24) is 4.90 Å². The van der Waals surface area contributed by atoms with Crippen molar-refractivity contribution in [3.05, 3.63) is 39.9 Å². The zero-order valence-corrected chi connectivity index (χ0v) is 9.87. The van der Waals surface area contributed by atoms with E-state index >= 15 is 0 Å². The molecular weight excluding hydrogens is 218 g/mol. The summed E-state index contributed by atoms with van der Waals surface area (Å²) in [5.41, 5.74) is 7.00. The van der Waals surface area contributed by atoms with Crippen molar-refractivity contribution < 1.29 is 4.92 Å². The Hall–Kier alpha value is -1.46. The molecule has 1 aromatic carbocycles. The Bertz CT molecular complexity index is 422. The number of likely N-dealkylation sites (tertiary alicyclic amines) is 1. The van der Waals surface area contributed by atoms with Crippen molar-refractivity contribution in [3.8, 4) is 0 Å². The molecule has 0 spiro atoms. The lowest BCUT2D eigenvalue weighted by Gasteiger charge is -2.24. The maximum atomic E-state index is 10.7. The van der Waals surface area contributed by atoms with E-state index in [0.717, 1.165) is 25.1 Å². The lowest BCUT2D eigenvalue weighted by atomic mass is 10.1. The zero-order valence-electron chi connectivity index (χ0n) is 9.87. The third kappa shape index (κ3) is 2.62. The fraction of sp³-hybridized carbons (Fsp3) is 0.500. The molecule has 0 radical (unpaired) electrons. The number of hydrogen-bond acceptors (Lipinski definition) is 4. The van der Waals surface area contributed by atoms with Crippen LogP contribution in [0.3, 0.4) is 0 Å². The second kappa shape index (κ2) is 4.81. The molecular formula is C12H17N3O2. The average Bonchev–Trinajstić information content (AvgIpc) is 2.75. The molecule has 2 unspecified atom stereocenters. The van der Waals surface area contributed by atoms with E-state index in [1.54, 1.807) is 12.1 Å². The molecule has 1 aromatic rings. The molecule has 2 N–H and O–H groups in total. The van der Waals surface area contributed by atoms with Crippen LogP contribution in [0.4, 0.5) is 5.69 Å². The highest BCUT2D eigenvalue weighted by atomic mass is 16.6. The highest BCUT2D eigenvalue weighted by Gasteiger charge is 2.24. The molecule has 92 valence electrons. The van der Waals surface area contributed by atoms with Crippen LogP contribution in [0.1, 0.15) is 24.9 Å². The number of non-ortho nitro benzene ring substituents is 1. The monoisotopic (exact) mass is 235 g/mol. The van der Waals surface area contributed by atoms with E-state index in [0.29, 0.717) is 0 Å². The minimum atomic E-state index is -0.355. The number of nitrogens with zero attached hydrogens (tertiary/aromatic N) is 2. The van der Waals surface area contributed by atoms with Crippen LogP contribution in [-0.2, 0) is 0 Å². The van der Waals surface area contributed by atoms with Gasteiger partial charge in [0.25, 0.3) is 5.69 Å². The number of nitrogens with two attached hydrogens (primary N) is 1. The van der Waals surface area contributed by atoms with Gasteiger partial charge in [-0.1, -0.05) is 12.1 Å². The standard InChI is InChI=1S/C12H17N3O2/c1-9(14-6-5-11(13)8-14)10-3-2-4-12(7-10)15(16)17/h2-4,7,9,11H,5-6,8,13H2,1H3. The summed E-state index contributed by atoms with van der Waals surface area (Å²) in [6, 6.07) is 7.25. The maximum Gasteiger partial charge on any atom is 0.269 e. The van der Waals surface area contributed by atoms with Crippen LogP contribution in [0.15, 0.2) is 24.3 Å². The summed E-state index contributed by atoms with van der Waals surface area (Å²) >= 11 is 0. The van der Waals surface area contributed by atoms with Gasteiger partial charge in [0.2, 0.25) is 0 Å². The van der Waals surface area contributed by atoms with E-state index in [2.05, 4.69) is 11.8 Å². The summed E-state index contributed by atoms with van der Waals surface area (Å²) in [5.74, 6) is 0. The topological polar surface area (TPSA) is 72.4 Å². The summed E-state index contributed by atoms with van der Waals surface area (Å²) in [5, 5.41) is 10.7. The molecule has 1 aliphatic rings. The van der Waals surface area contributed by atoms with E-state index in [-0.39, 0.29) is 22.7 Å². The SMILES string of the molecule is CC(c1cccc([N+](=O)[O-])c1)N1CCC(N)C1. The largest absolute Gasteiger partial charge is 0.326 e. The maximum absolute atomic E-state index is 10.7. The Labute approximate surface area is 100 Å². The van der Waals surface area contributed by atoms with Crippen molar-refractivity contribution in [2.24, 2.45) is 5.73 Å². The van der Waals surface area contributed by atoms with E-state index in [1.165, 1.54) is 6.07 Å². The van der Waals surface area contributed by atoms with E-state index in [4.69, 9.17) is 5.73 Å². The van der Waals surface area contributed by atoms with Gasteiger partial charge in [0.1, 0.15) is 0 Å². The van der Waals surface area contributed by atoms with Crippen molar-refractivity contribution in [2.45, 2.75) is 25.4 Å². The molecule has 0 aromatic heterocycles. The van der Waals surface area contributed by atoms with Crippen LogP contribution >= 0.6 is 0 Å². The highest BCUT2D eigenvalue weighted by molar-refractivity contribution is 5.35. The van der Waals surface area contributed by atoms with Crippen LogP contribution in [0.2, 0.25) is 0 Å². The molecule has 2 rings (SSSR count). The van der Waals surface area contributed by atoms with E-state index in [1.807, 2.05) is 6.07 Å². The summed E-state index contributed by atoms with van der Waals surface area (Å²) in [6.07, 6.45) is 0.999. The van der Waals surface area contributed by atoms with Crippen LogP contribution < -0.4 is 5.73 Å². The fourth-order valence-electron chi connectivity index (χ4n) is 2.28. The Morgan fingerprint density at radius 1 is 1.59 bits per heavy atom. The van der Waals surface area contributed by atoms with Crippen molar-refractivity contribution in [1.29, 1.82) is 0 Å². The highest BCUT2D eigenvalue weighted by Crippen LogP contribution is 2.26. The van der Waals surface area contributed by atoms with E-state index in [9.17, 15) is 10.1 Å². The van der Waals surface area contributed by atoms with Gasteiger partial charge in [0.05, 0.1) is 4.92 Å². The third-order valence-electron chi connectivity index (χ3n) is 3.37. The summed E-state index contributed by atoms with van der Waals surface area (Å²) < 4.78 is 0. The minimum absolute atomic E-state index is 0.151. The molecule has 5 heteroatoms. The molecule has 1 aliphatic heterocycles. The molecule has 0 saturated carbocycles. The number of hydrogen-bond donors (Lipinski definition) is 1. The molecule has 5 nitrogen and oxygen atoms in total. The van der Waals surface area contributed by atoms with Crippen LogP contribution in [0.25, 0.3) is 0 Å². The second-order valence-electron chi connectivity index (χ2n) is 4.57. The minimum Gasteiger partial charge on any atom is -0.326 e. The smallest absolute Gasteiger partial charge is 0.269 e. The summed E-state index contributed by atoms with van der Waals surface area (Å²) in [7, 11) is 0. The molecule has 1 fully saturated rings. The molecule has 2 atom stereocenters. The lowest BCUT2D eigenvalue weighted by molar-refractivity contribution is -0.384. The first kappa shape index (κ1) is 12.0. The van der Waals surface area contributed by atoms with Crippen LogP contribution in [-0.4, -0.2) is 29.0 Å². The molecule has 17 heavy (non-hydrogen) atoms. The predicted octanol–water partition coefficient (Wildman–Crippen LogP) is 1.69. The van der Waals surface area contributed by atoms with Gasteiger partial charge in [-0.3, -0.25) is 15.0 Å². The van der Waals surface area contributed by atoms with Gasteiger partial charge in [0, 0.05) is 37.3 Å². The van der Waals surface area contributed by atoms with Crippen molar-refractivity contribution in [2.75, 3.05) is 13.1 Å². The van der Waals surface area contributed by atoms with Gasteiger partial charge in [-0.15, -0.1) is 0 Å². The first-order valence-electron chi connectivity index (χ1n) is 5.82. The molecule has 1 heterocycles. The number of nitro groups is 1. The van der Waals surface area contributed by atoms with Crippen molar-refractivity contribution >= 4 is 5.69 Å². The molecule has 0 bridgehead atoms. The van der Waals surface area contributed by atoms with Crippen LogP contribution in [0.5, 0.6) is 0 Å². The van der Waals surface area contributed by atoms with Gasteiger partial charge in [-0.25, -0.2) is 0 Å². The number of benzene rings is 1. The average molecular weight is 235 g/mol.